The zero-order valence-electron chi connectivity index (χ0n) is 13.1. The predicted octanol–water partition coefficient (Wildman–Crippen LogP) is 2.51. The highest BCUT2D eigenvalue weighted by molar-refractivity contribution is 5.91. The highest BCUT2D eigenvalue weighted by Crippen LogP contribution is 2.18. The summed E-state index contributed by atoms with van der Waals surface area (Å²) in [5, 5.41) is 22.3. The fourth-order valence-electron chi connectivity index (χ4n) is 2.18. The van der Waals surface area contributed by atoms with Gasteiger partial charge in [0, 0.05) is 12.5 Å². The summed E-state index contributed by atoms with van der Waals surface area (Å²) < 4.78 is 0. The van der Waals surface area contributed by atoms with Gasteiger partial charge < -0.3 is 15.5 Å². The number of aliphatic hydroxyl groups excluding tert-OH is 1. The molecule has 6 heteroatoms. The van der Waals surface area contributed by atoms with Crippen molar-refractivity contribution in [2.75, 3.05) is 11.9 Å². The van der Waals surface area contributed by atoms with Gasteiger partial charge in [0.25, 0.3) is 0 Å². The topological polar surface area (TPSA) is 95.3 Å². The van der Waals surface area contributed by atoms with E-state index in [1.54, 1.807) is 0 Å². The lowest BCUT2D eigenvalue weighted by Crippen LogP contribution is -2.28. The van der Waals surface area contributed by atoms with Crippen LogP contribution in [0.3, 0.4) is 0 Å². The SMILES string of the molecule is CCC(CC)C(O)CNc1cnc(C(C)C)nc1C(=O)O. The number of nitrogens with zero attached hydrogens (tertiary/aromatic N) is 2. The molecule has 0 aliphatic carbocycles. The first-order valence-corrected chi connectivity index (χ1v) is 7.42. The third-order valence-corrected chi connectivity index (χ3v) is 3.62. The number of anilines is 1. The Morgan fingerprint density at radius 1 is 1.33 bits per heavy atom. The molecular formula is C15H25N3O3. The molecule has 6 nitrogen and oxygen atoms in total. The summed E-state index contributed by atoms with van der Waals surface area (Å²) in [7, 11) is 0. The molecule has 1 heterocycles. The fourth-order valence-corrected chi connectivity index (χ4v) is 2.18. The molecule has 3 N–H and O–H groups in total. The van der Waals surface area contributed by atoms with Crippen LogP contribution in [0.25, 0.3) is 0 Å². The van der Waals surface area contributed by atoms with Crippen LogP contribution in [0.2, 0.25) is 0 Å². The summed E-state index contributed by atoms with van der Waals surface area (Å²) in [5.41, 5.74) is 0.294. The van der Waals surface area contributed by atoms with E-state index in [4.69, 9.17) is 0 Å². The Morgan fingerprint density at radius 3 is 2.43 bits per heavy atom. The van der Waals surface area contributed by atoms with Gasteiger partial charge in [-0.25, -0.2) is 14.8 Å². The van der Waals surface area contributed by atoms with E-state index in [2.05, 4.69) is 15.3 Å². The third-order valence-electron chi connectivity index (χ3n) is 3.62. The summed E-state index contributed by atoms with van der Waals surface area (Å²) in [6.07, 6.45) is 2.72. The third kappa shape index (κ3) is 4.67. The smallest absolute Gasteiger partial charge is 0.356 e. The molecule has 1 aromatic heterocycles. The van der Waals surface area contributed by atoms with Crippen molar-refractivity contribution in [1.29, 1.82) is 0 Å². The highest BCUT2D eigenvalue weighted by atomic mass is 16.4. The zero-order chi connectivity index (χ0) is 16.0. The molecule has 0 aliphatic rings. The molecule has 1 aromatic rings. The number of aromatic nitrogens is 2. The van der Waals surface area contributed by atoms with E-state index in [9.17, 15) is 15.0 Å². The molecular weight excluding hydrogens is 270 g/mol. The van der Waals surface area contributed by atoms with Crippen molar-refractivity contribution in [2.24, 2.45) is 5.92 Å². The van der Waals surface area contributed by atoms with E-state index in [-0.39, 0.29) is 24.1 Å². The monoisotopic (exact) mass is 295 g/mol. The van der Waals surface area contributed by atoms with Crippen LogP contribution in [0.1, 0.15) is 62.8 Å². The number of hydrogen-bond donors (Lipinski definition) is 3. The molecule has 1 unspecified atom stereocenters. The second-order valence-corrected chi connectivity index (χ2v) is 5.48. The number of nitrogens with one attached hydrogen (secondary N) is 1. The van der Waals surface area contributed by atoms with E-state index in [0.717, 1.165) is 12.8 Å². The van der Waals surface area contributed by atoms with Gasteiger partial charge in [-0.15, -0.1) is 0 Å². The molecule has 1 atom stereocenters. The lowest BCUT2D eigenvalue weighted by Gasteiger charge is -2.21. The maximum Gasteiger partial charge on any atom is 0.356 e. The van der Waals surface area contributed by atoms with Crippen LogP contribution in [0.5, 0.6) is 0 Å². The van der Waals surface area contributed by atoms with Crippen LogP contribution in [0.15, 0.2) is 6.20 Å². The van der Waals surface area contributed by atoms with Gasteiger partial charge >= 0.3 is 5.97 Å². The van der Waals surface area contributed by atoms with E-state index < -0.39 is 12.1 Å². The number of aromatic carboxylic acids is 1. The van der Waals surface area contributed by atoms with Crippen LogP contribution >= 0.6 is 0 Å². The largest absolute Gasteiger partial charge is 0.476 e. The van der Waals surface area contributed by atoms with Crippen molar-refractivity contribution >= 4 is 11.7 Å². The molecule has 0 fully saturated rings. The quantitative estimate of drug-likeness (QED) is 0.682. The summed E-state index contributed by atoms with van der Waals surface area (Å²) >= 11 is 0. The molecule has 21 heavy (non-hydrogen) atoms. The summed E-state index contributed by atoms with van der Waals surface area (Å²) in [6.45, 7) is 8.16. The Bertz CT molecular complexity index is 473. The molecule has 0 spiro atoms. The van der Waals surface area contributed by atoms with Gasteiger partial charge in [0.15, 0.2) is 5.69 Å². The Hall–Kier alpha value is -1.69. The van der Waals surface area contributed by atoms with Crippen LogP contribution < -0.4 is 5.32 Å². The normalized spacial score (nSPS) is 12.7. The fraction of sp³-hybridized carbons (Fsp3) is 0.667. The van der Waals surface area contributed by atoms with Crippen molar-refractivity contribution in [3.8, 4) is 0 Å². The molecule has 0 saturated heterocycles. The van der Waals surface area contributed by atoms with Gasteiger partial charge in [-0.3, -0.25) is 0 Å². The molecule has 0 aromatic carbocycles. The van der Waals surface area contributed by atoms with E-state index >= 15 is 0 Å². The Balaban J connectivity index is 2.85. The maximum absolute atomic E-state index is 11.3. The molecule has 0 radical (unpaired) electrons. The Morgan fingerprint density at radius 2 is 1.95 bits per heavy atom. The number of carbonyl (C=O) groups is 1. The number of rotatable bonds is 8. The number of carboxylic acid groups (broad SMARTS) is 1. The molecule has 118 valence electrons. The average Bonchev–Trinajstić information content (AvgIpc) is 2.45. The molecule has 0 saturated carbocycles. The van der Waals surface area contributed by atoms with Crippen molar-refractivity contribution in [2.45, 2.75) is 52.6 Å². The first-order chi connectivity index (χ1) is 9.90. The summed E-state index contributed by atoms with van der Waals surface area (Å²) in [6, 6.07) is 0. The van der Waals surface area contributed by atoms with Crippen molar-refractivity contribution in [1.82, 2.24) is 9.97 Å². The lowest BCUT2D eigenvalue weighted by molar-refractivity contribution is 0.0690. The highest BCUT2D eigenvalue weighted by Gasteiger charge is 2.19. The molecule has 1 rings (SSSR count). The minimum Gasteiger partial charge on any atom is -0.476 e. The van der Waals surface area contributed by atoms with Crippen molar-refractivity contribution < 1.29 is 15.0 Å². The van der Waals surface area contributed by atoms with Crippen LogP contribution in [-0.4, -0.2) is 38.8 Å². The average molecular weight is 295 g/mol. The first-order valence-electron chi connectivity index (χ1n) is 7.42. The number of aliphatic hydroxyl groups is 1. The van der Waals surface area contributed by atoms with Crippen LogP contribution in [-0.2, 0) is 0 Å². The van der Waals surface area contributed by atoms with E-state index in [0.29, 0.717) is 11.5 Å². The van der Waals surface area contributed by atoms with Crippen LogP contribution in [0.4, 0.5) is 5.69 Å². The van der Waals surface area contributed by atoms with Crippen LogP contribution in [0, 0.1) is 5.92 Å². The number of hydrogen-bond acceptors (Lipinski definition) is 5. The predicted molar refractivity (Wildman–Crippen MR) is 81.6 cm³/mol. The van der Waals surface area contributed by atoms with Gasteiger partial charge in [0.2, 0.25) is 0 Å². The molecule has 0 bridgehead atoms. The Labute approximate surface area is 125 Å². The van der Waals surface area contributed by atoms with Gasteiger partial charge in [-0.2, -0.15) is 0 Å². The van der Waals surface area contributed by atoms with E-state index in [1.807, 2.05) is 27.7 Å². The first kappa shape index (κ1) is 17.4. The standard InChI is InChI=1S/C15H25N3O3/c1-5-10(6-2)12(19)8-16-11-7-17-14(9(3)4)18-13(11)15(20)21/h7,9-10,12,16,19H,5-6,8H2,1-4H3,(H,20,21). The molecule has 0 aliphatic heterocycles. The van der Waals surface area contributed by atoms with Gasteiger partial charge in [-0.05, 0) is 5.92 Å². The lowest BCUT2D eigenvalue weighted by atomic mass is 9.96. The van der Waals surface area contributed by atoms with Crippen molar-refractivity contribution in [3.63, 3.8) is 0 Å². The Kier molecular flexibility index (Phi) is 6.55. The molecule has 0 amide bonds. The zero-order valence-corrected chi connectivity index (χ0v) is 13.1. The maximum atomic E-state index is 11.3. The van der Waals surface area contributed by atoms with Crippen molar-refractivity contribution in [3.05, 3.63) is 17.7 Å². The second-order valence-electron chi connectivity index (χ2n) is 5.48. The second kappa shape index (κ2) is 7.93. The van der Waals surface area contributed by atoms with Gasteiger partial charge in [-0.1, -0.05) is 40.5 Å². The minimum absolute atomic E-state index is 0.0505. The van der Waals surface area contributed by atoms with E-state index in [1.165, 1.54) is 6.20 Å². The summed E-state index contributed by atoms with van der Waals surface area (Å²) in [5.74, 6) is -0.341. The van der Waals surface area contributed by atoms with Gasteiger partial charge in [0.1, 0.15) is 5.82 Å². The number of carboxylic acids is 1. The van der Waals surface area contributed by atoms with Gasteiger partial charge in [0.05, 0.1) is 18.0 Å². The summed E-state index contributed by atoms with van der Waals surface area (Å²) in [4.78, 5) is 19.5. The minimum atomic E-state index is -1.10.